The normalized spacial score (nSPS) is 12.5. The largest absolute Gasteiger partial charge is 0.350 e. The summed E-state index contributed by atoms with van der Waals surface area (Å²) in [4.78, 5) is 15.8. The predicted octanol–water partition coefficient (Wildman–Crippen LogP) is 1.99. The number of hydrogen-bond donors (Lipinski definition) is 1. The van der Waals surface area contributed by atoms with Crippen LogP contribution >= 0.6 is 0 Å². The molecule has 1 aromatic heterocycles. The molecule has 0 saturated carbocycles. The van der Waals surface area contributed by atoms with Crippen molar-refractivity contribution in [2.24, 2.45) is 11.8 Å². The average Bonchev–Trinajstić information content (AvgIpc) is 2.26. The Labute approximate surface area is 90.9 Å². The fraction of sp³-hybridized carbons (Fsp3) is 0.500. The van der Waals surface area contributed by atoms with Gasteiger partial charge in [0.15, 0.2) is 0 Å². The van der Waals surface area contributed by atoms with Gasteiger partial charge in [0.05, 0.1) is 12.2 Å². The maximum atomic E-state index is 11.6. The van der Waals surface area contributed by atoms with Crippen LogP contribution in [0.4, 0.5) is 0 Å². The predicted molar refractivity (Wildman–Crippen MR) is 60.1 cm³/mol. The molecular weight excluding hydrogens is 188 g/mol. The van der Waals surface area contributed by atoms with E-state index in [2.05, 4.69) is 10.3 Å². The van der Waals surface area contributed by atoms with Crippen LogP contribution < -0.4 is 5.32 Å². The lowest BCUT2D eigenvalue weighted by atomic mass is 9.97. The maximum absolute atomic E-state index is 11.6. The van der Waals surface area contributed by atoms with Gasteiger partial charge in [0.25, 0.3) is 0 Å². The van der Waals surface area contributed by atoms with Gasteiger partial charge in [-0.15, -0.1) is 0 Å². The van der Waals surface area contributed by atoms with Crippen LogP contribution in [0, 0.1) is 11.8 Å². The Hall–Kier alpha value is -1.38. The first-order valence-electron chi connectivity index (χ1n) is 5.29. The summed E-state index contributed by atoms with van der Waals surface area (Å²) in [6.07, 6.45) is 1.73. The van der Waals surface area contributed by atoms with Gasteiger partial charge in [-0.3, -0.25) is 9.78 Å². The van der Waals surface area contributed by atoms with Crippen LogP contribution in [0.15, 0.2) is 24.4 Å². The highest BCUT2D eigenvalue weighted by Crippen LogP contribution is 2.09. The van der Waals surface area contributed by atoms with Crippen molar-refractivity contribution < 1.29 is 4.79 Å². The number of hydrogen-bond acceptors (Lipinski definition) is 2. The Morgan fingerprint density at radius 1 is 1.40 bits per heavy atom. The summed E-state index contributed by atoms with van der Waals surface area (Å²) < 4.78 is 0. The first-order chi connectivity index (χ1) is 7.11. The van der Waals surface area contributed by atoms with Crippen molar-refractivity contribution in [3.63, 3.8) is 0 Å². The van der Waals surface area contributed by atoms with Gasteiger partial charge >= 0.3 is 0 Å². The molecule has 1 heterocycles. The molecule has 0 spiro atoms. The lowest BCUT2D eigenvalue weighted by Crippen LogP contribution is -2.31. The summed E-state index contributed by atoms with van der Waals surface area (Å²) in [5.74, 6) is 0.512. The summed E-state index contributed by atoms with van der Waals surface area (Å²) >= 11 is 0. The van der Waals surface area contributed by atoms with Gasteiger partial charge in [-0.05, 0) is 18.1 Å². The molecular formula is C12H18N2O. The number of rotatable bonds is 4. The molecule has 0 aromatic carbocycles. The highest BCUT2D eigenvalue weighted by Gasteiger charge is 2.15. The summed E-state index contributed by atoms with van der Waals surface area (Å²) in [7, 11) is 0. The lowest BCUT2D eigenvalue weighted by molar-refractivity contribution is -0.125. The first-order valence-corrected chi connectivity index (χ1v) is 5.29. The van der Waals surface area contributed by atoms with Crippen molar-refractivity contribution in [2.45, 2.75) is 27.3 Å². The van der Waals surface area contributed by atoms with Gasteiger partial charge in [0.1, 0.15) is 0 Å². The van der Waals surface area contributed by atoms with E-state index in [0.29, 0.717) is 12.5 Å². The minimum atomic E-state index is 0.0497. The van der Waals surface area contributed by atoms with Crippen molar-refractivity contribution in [2.75, 3.05) is 0 Å². The van der Waals surface area contributed by atoms with E-state index >= 15 is 0 Å². The number of pyridine rings is 1. The molecule has 0 fully saturated rings. The first kappa shape index (κ1) is 11.7. The molecule has 82 valence electrons. The topological polar surface area (TPSA) is 42.0 Å². The van der Waals surface area contributed by atoms with Gasteiger partial charge in [-0.1, -0.05) is 26.8 Å². The Kier molecular flexibility index (Phi) is 4.28. The van der Waals surface area contributed by atoms with Crippen LogP contribution in [-0.4, -0.2) is 10.9 Å². The molecule has 0 saturated heterocycles. The zero-order chi connectivity index (χ0) is 11.3. The maximum Gasteiger partial charge on any atom is 0.223 e. The minimum Gasteiger partial charge on any atom is -0.350 e. The number of carbonyl (C=O) groups is 1. The second-order valence-corrected chi connectivity index (χ2v) is 4.07. The molecule has 1 N–H and O–H groups in total. The van der Waals surface area contributed by atoms with Crippen LogP contribution in [0.5, 0.6) is 0 Å². The summed E-state index contributed by atoms with van der Waals surface area (Å²) in [5, 5.41) is 2.88. The Balaban J connectivity index is 2.41. The van der Waals surface area contributed by atoms with Crippen molar-refractivity contribution in [1.82, 2.24) is 10.3 Å². The third-order valence-corrected chi connectivity index (χ3v) is 2.58. The molecule has 0 aliphatic rings. The molecule has 1 amide bonds. The highest BCUT2D eigenvalue weighted by molar-refractivity contribution is 5.78. The smallest absolute Gasteiger partial charge is 0.223 e. The van der Waals surface area contributed by atoms with E-state index < -0.39 is 0 Å². The fourth-order valence-electron chi connectivity index (χ4n) is 1.14. The zero-order valence-corrected chi connectivity index (χ0v) is 9.53. The molecule has 0 radical (unpaired) electrons. The second-order valence-electron chi connectivity index (χ2n) is 4.07. The summed E-state index contributed by atoms with van der Waals surface area (Å²) in [5.41, 5.74) is 0.891. The standard InChI is InChI=1S/C12H18N2O/c1-9(2)10(3)12(15)14-8-11-6-4-5-7-13-11/h4-7,9-10H,8H2,1-3H3,(H,14,15)/t10-/m1/s1. The van der Waals surface area contributed by atoms with Crippen LogP contribution in [-0.2, 0) is 11.3 Å². The van der Waals surface area contributed by atoms with Crippen LogP contribution in [0.25, 0.3) is 0 Å². The SMILES string of the molecule is CC(C)[C@@H](C)C(=O)NCc1ccccn1. The average molecular weight is 206 g/mol. The second kappa shape index (κ2) is 5.49. The molecule has 0 aliphatic carbocycles. The minimum absolute atomic E-state index is 0.0497. The molecule has 0 aliphatic heterocycles. The van der Waals surface area contributed by atoms with E-state index in [1.807, 2.05) is 39.0 Å². The van der Waals surface area contributed by atoms with E-state index in [-0.39, 0.29) is 11.8 Å². The van der Waals surface area contributed by atoms with Gasteiger partial charge in [-0.2, -0.15) is 0 Å². The van der Waals surface area contributed by atoms with Gasteiger partial charge in [0, 0.05) is 12.1 Å². The lowest BCUT2D eigenvalue weighted by Gasteiger charge is -2.14. The van der Waals surface area contributed by atoms with Crippen molar-refractivity contribution in [1.29, 1.82) is 0 Å². The number of nitrogens with one attached hydrogen (secondary N) is 1. The van der Waals surface area contributed by atoms with Crippen molar-refractivity contribution in [3.05, 3.63) is 30.1 Å². The van der Waals surface area contributed by atoms with Crippen molar-refractivity contribution in [3.8, 4) is 0 Å². The highest BCUT2D eigenvalue weighted by atomic mass is 16.1. The fourth-order valence-corrected chi connectivity index (χ4v) is 1.14. The molecule has 3 heteroatoms. The third-order valence-electron chi connectivity index (χ3n) is 2.58. The van der Waals surface area contributed by atoms with E-state index in [4.69, 9.17) is 0 Å². The van der Waals surface area contributed by atoms with Crippen LogP contribution in [0.2, 0.25) is 0 Å². The number of aromatic nitrogens is 1. The molecule has 0 unspecified atom stereocenters. The van der Waals surface area contributed by atoms with Gasteiger partial charge < -0.3 is 5.32 Å². The van der Waals surface area contributed by atoms with Crippen molar-refractivity contribution >= 4 is 5.91 Å². The van der Waals surface area contributed by atoms with Crippen LogP contribution in [0.3, 0.4) is 0 Å². The van der Waals surface area contributed by atoms with Crippen LogP contribution in [0.1, 0.15) is 26.5 Å². The molecule has 1 aromatic rings. The third kappa shape index (κ3) is 3.70. The molecule has 1 atom stereocenters. The Bertz CT molecular complexity index is 309. The Morgan fingerprint density at radius 2 is 2.13 bits per heavy atom. The number of carbonyl (C=O) groups excluding carboxylic acids is 1. The number of amides is 1. The molecule has 1 rings (SSSR count). The summed E-state index contributed by atoms with van der Waals surface area (Å²) in [6.45, 7) is 6.55. The van der Waals surface area contributed by atoms with E-state index in [9.17, 15) is 4.79 Å². The molecule has 15 heavy (non-hydrogen) atoms. The van der Waals surface area contributed by atoms with Gasteiger partial charge in [-0.25, -0.2) is 0 Å². The van der Waals surface area contributed by atoms with E-state index in [0.717, 1.165) is 5.69 Å². The number of nitrogens with zero attached hydrogens (tertiary/aromatic N) is 1. The van der Waals surface area contributed by atoms with E-state index in [1.54, 1.807) is 6.20 Å². The quantitative estimate of drug-likeness (QED) is 0.818. The Morgan fingerprint density at radius 3 is 2.67 bits per heavy atom. The molecule has 0 bridgehead atoms. The van der Waals surface area contributed by atoms with E-state index in [1.165, 1.54) is 0 Å². The molecule has 3 nitrogen and oxygen atoms in total. The summed E-state index contributed by atoms with van der Waals surface area (Å²) in [6, 6.07) is 5.68. The van der Waals surface area contributed by atoms with Gasteiger partial charge in [0.2, 0.25) is 5.91 Å². The zero-order valence-electron chi connectivity index (χ0n) is 9.53. The monoisotopic (exact) mass is 206 g/mol.